The fourth-order valence-electron chi connectivity index (χ4n) is 1.14. The molecular weight excluding hydrogens is 251 g/mol. The second kappa shape index (κ2) is 5.20. The van der Waals surface area contributed by atoms with Crippen molar-refractivity contribution in [3.05, 3.63) is 29.6 Å². The Morgan fingerprint density at radius 2 is 2.00 bits per heavy atom. The molecule has 1 atom stereocenters. The third kappa shape index (κ3) is 2.46. The predicted molar refractivity (Wildman–Crippen MR) is 61.8 cm³/mol. The Kier molecular flexibility index (Phi) is 4.17. The lowest BCUT2D eigenvalue weighted by molar-refractivity contribution is 0.669. The van der Waals surface area contributed by atoms with Gasteiger partial charge in [0.25, 0.3) is 5.95 Å². The monoisotopic (exact) mass is 260 g/mol. The van der Waals surface area contributed by atoms with Gasteiger partial charge in [0.15, 0.2) is 5.82 Å². The average Bonchev–Trinajstić information content (AvgIpc) is 2.62. The molecule has 2 aromatic heterocycles. The Labute approximate surface area is 103 Å². The summed E-state index contributed by atoms with van der Waals surface area (Å²) in [5.74, 6) is 0.940. The highest BCUT2D eigenvalue weighted by Gasteiger charge is 2.15. The number of hydrogen-bond acceptors (Lipinski definition) is 5. The largest absolute Gasteiger partial charge is 0.322 e. The van der Waals surface area contributed by atoms with Crippen LogP contribution in [0.15, 0.2) is 18.5 Å². The molecule has 0 aliphatic rings. The highest BCUT2D eigenvalue weighted by molar-refractivity contribution is 6.28. The van der Waals surface area contributed by atoms with Gasteiger partial charge in [-0.1, -0.05) is 0 Å². The van der Waals surface area contributed by atoms with Crippen LogP contribution in [0.5, 0.6) is 0 Å². The second-order valence-corrected chi connectivity index (χ2v) is 3.33. The van der Waals surface area contributed by atoms with E-state index in [1.807, 2.05) is 0 Å². The Hall–Kier alpha value is -1.24. The summed E-state index contributed by atoms with van der Waals surface area (Å²) >= 11 is 5.71. The molecule has 2 aromatic rings. The highest BCUT2D eigenvalue weighted by atomic mass is 35.5. The quantitative estimate of drug-likeness (QED) is 0.876. The molecule has 0 saturated heterocycles. The van der Waals surface area contributed by atoms with Crippen molar-refractivity contribution in [2.45, 2.75) is 13.0 Å². The number of rotatable bonds is 2. The summed E-state index contributed by atoms with van der Waals surface area (Å²) in [6.07, 6.45) is 3.23. The van der Waals surface area contributed by atoms with E-state index in [4.69, 9.17) is 17.3 Å². The summed E-state index contributed by atoms with van der Waals surface area (Å²) < 4.78 is 1.44. The Morgan fingerprint density at radius 3 is 2.56 bits per heavy atom. The normalized spacial score (nSPS) is 11.9. The zero-order chi connectivity index (χ0) is 10.8. The van der Waals surface area contributed by atoms with E-state index >= 15 is 0 Å². The van der Waals surface area contributed by atoms with Crippen molar-refractivity contribution in [1.29, 1.82) is 0 Å². The molecule has 16 heavy (non-hydrogen) atoms. The summed E-state index contributed by atoms with van der Waals surface area (Å²) in [6.45, 7) is 1.79. The predicted octanol–water partition coefficient (Wildman–Crippen LogP) is 1.15. The van der Waals surface area contributed by atoms with E-state index in [1.54, 1.807) is 25.4 Å². The number of hydrogen-bond donors (Lipinski definition) is 1. The van der Waals surface area contributed by atoms with Crippen LogP contribution >= 0.6 is 24.0 Å². The van der Waals surface area contributed by atoms with Crippen LogP contribution in [0.3, 0.4) is 0 Å². The molecule has 2 N–H and O–H groups in total. The van der Waals surface area contributed by atoms with Crippen molar-refractivity contribution < 1.29 is 0 Å². The molecular formula is C8H10Cl2N6. The van der Waals surface area contributed by atoms with Crippen LogP contribution in [0.1, 0.15) is 18.8 Å². The summed E-state index contributed by atoms with van der Waals surface area (Å²) in [6, 6.07) is 1.43. The molecule has 0 aliphatic carbocycles. The molecule has 0 spiro atoms. The summed E-state index contributed by atoms with van der Waals surface area (Å²) in [5.41, 5.74) is 5.73. The molecule has 0 radical (unpaired) electrons. The van der Waals surface area contributed by atoms with Crippen LogP contribution < -0.4 is 5.73 Å². The first-order chi connectivity index (χ1) is 7.18. The van der Waals surface area contributed by atoms with Gasteiger partial charge in [-0.3, -0.25) is 0 Å². The van der Waals surface area contributed by atoms with E-state index in [-0.39, 0.29) is 23.7 Å². The third-order valence-electron chi connectivity index (χ3n) is 1.76. The van der Waals surface area contributed by atoms with Crippen molar-refractivity contribution in [1.82, 2.24) is 24.7 Å². The average molecular weight is 261 g/mol. The lowest BCUT2D eigenvalue weighted by atomic mass is 10.3. The molecule has 2 heterocycles. The second-order valence-electron chi connectivity index (χ2n) is 2.99. The zero-order valence-electron chi connectivity index (χ0n) is 8.41. The van der Waals surface area contributed by atoms with E-state index in [1.165, 1.54) is 4.68 Å². The van der Waals surface area contributed by atoms with Crippen LogP contribution in [0, 0.1) is 0 Å². The lowest BCUT2D eigenvalue weighted by Gasteiger charge is -2.05. The first-order valence-electron chi connectivity index (χ1n) is 4.34. The fraction of sp³-hybridized carbons (Fsp3) is 0.250. The van der Waals surface area contributed by atoms with Gasteiger partial charge < -0.3 is 5.73 Å². The summed E-state index contributed by atoms with van der Waals surface area (Å²) in [7, 11) is 0. The molecule has 0 aromatic carbocycles. The van der Waals surface area contributed by atoms with E-state index in [0.29, 0.717) is 11.8 Å². The summed E-state index contributed by atoms with van der Waals surface area (Å²) in [4.78, 5) is 12.1. The van der Waals surface area contributed by atoms with Gasteiger partial charge in [0.1, 0.15) is 0 Å². The SMILES string of the molecule is CC(N)c1nc(Cl)nn1-c1ncccn1.Cl. The molecule has 0 bridgehead atoms. The molecule has 0 saturated carbocycles. The van der Waals surface area contributed by atoms with E-state index in [9.17, 15) is 0 Å². The van der Waals surface area contributed by atoms with Crippen LogP contribution in [-0.4, -0.2) is 24.7 Å². The number of aromatic nitrogens is 5. The minimum Gasteiger partial charge on any atom is -0.322 e. The van der Waals surface area contributed by atoms with E-state index in [2.05, 4.69) is 20.1 Å². The van der Waals surface area contributed by atoms with Gasteiger partial charge in [0, 0.05) is 12.4 Å². The first-order valence-corrected chi connectivity index (χ1v) is 4.71. The van der Waals surface area contributed by atoms with Crippen LogP contribution in [-0.2, 0) is 0 Å². The molecule has 1 unspecified atom stereocenters. The molecule has 2 rings (SSSR count). The molecule has 86 valence electrons. The van der Waals surface area contributed by atoms with Gasteiger partial charge in [-0.25, -0.2) is 9.97 Å². The molecule has 8 heteroatoms. The zero-order valence-corrected chi connectivity index (χ0v) is 9.98. The van der Waals surface area contributed by atoms with E-state index < -0.39 is 0 Å². The summed E-state index contributed by atoms with van der Waals surface area (Å²) in [5, 5.41) is 4.10. The van der Waals surface area contributed by atoms with E-state index in [0.717, 1.165) is 0 Å². The fourth-order valence-corrected chi connectivity index (χ4v) is 1.30. The minimum atomic E-state index is -0.284. The van der Waals surface area contributed by atoms with Crippen molar-refractivity contribution in [2.75, 3.05) is 0 Å². The molecule has 0 aliphatic heterocycles. The van der Waals surface area contributed by atoms with Crippen molar-refractivity contribution >= 4 is 24.0 Å². The maximum absolute atomic E-state index is 5.73. The van der Waals surface area contributed by atoms with Crippen molar-refractivity contribution in [2.24, 2.45) is 5.73 Å². The first kappa shape index (κ1) is 12.8. The van der Waals surface area contributed by atoms with Crippen LogP contribution in [0.4, 0.5) is 0 Å². The number of nitrogens with zero attached hydrogens (tertiary/aromatic N) is 5. The smallest absolute Gasteiger partial charge is 0.252 e. The van der Waals surface area contributed by atoms with Gasteiger partial charge in [0.2, 0.25) is 5.28 Å². The number of nitrogens with two attached hydrogens (primary N) is 1. The van der Waals surface area contributed by atoms with Gasteiger partial charge in [0.05, 0.1) is 6.04 Å². The Morgan fingerprint density at radius 1 is 1.38 bits per heavy atom. The molecule has 0 amide bonds. The maximum Gasteiger partial charge on any atom is 0.252 e. The van der Waals surface area contributed by atoms with Crippen molar-refractivity contribution in [3.63, 3.8) is 0 Å². The highest BCUT2D eigenvalue weighted by Crippen LogP contribution is 2.13. The topological polar surface area (TPSA) is 82.5 Å². The minimum absolute atomic E-state index is 0. The van der Waals surface area contributed by atoms with Gasteiger partial charge >= 0.3 is 0 Å². The Bertz CT molecular complexity index is 455. The number of halogens is 2. The Balaban J connectivity index is 0.00000128. The molecule has 0 fully saturated rings. The maximum atomic E-state index is 5.73. The van der Waals surface area contributed by atoms with Crippen LogP contribution in [0.25, 0.3) is 5.95 Å². The molecule has 6 nitrogen and oxygen atoms in total. The third-order valence-corrected chi connectivity index (χ3v) is 1.92. The van der Waals surface area contributed by atoms with Crippen LogP contribution in [0.2, 0.25) is 5.28 Å². The van der Waals surface area contributed by atoms with Gasteiger partial charge in [-0.15, -0.1) is 17.5 Å². The van der Waals surface area contributed by atoms with Crippen molar-refractivity contribution in [3.8, 4) is 5.95 Å². The van der Waals surface area contributed by atoms with Gasteiger partial charge in [-0.05, 0) is 24.6 Å². The van der Waals surface area contributed by atoms with Gasteiger partial charge in [-0.2, -0.15) is 9.67 Å². The standard InChI is InChI=1S/C8H9ClN6.ClH/c1-5(10)6-13-7(9)14-15(6)8-11-3-2-4-12-8;/h2-5H,10H2,1H3;1H. The lowest BCUT2D eigenvalue weighted by Crippen LogP contribution is -2.14.